The Morgan fingerprint density at radius 2 is 1.65 bits per heavy atom. The number of amides is 1. The summed E-state index contributed by atoms with van der Waals surface area (Å²) in [5.74, 6) is 1.17. The second-order valence-electron chi connectivity index (χ2n) is 7.82. The summed E-state index contributed by atoms with van der Waals surface area (Å²) in [4.78, 5) is 14.8. The fraction of sp³-hybridized carbons (Fsp3) is 0.632. The minimum atomic E-state index is -3.41. The summed E-state index contributed by atoms with van der Waals surface area (Å²) in [6.07, 6.45) is 3.05. The lowest BCUT2D eigenvalue weighted by Crippen LogP contribution is -2.42. The number of piperidine rings is 1. The maximum atomic E-state index is 12.5. The van der Waals surface area contributed by atoms with Crippen LogP contribution in [0.2, 0.25) is 0 Å². The standard InChI is InChI=1S/C19H29N3O3S/c1-15-11-16(2)13-21(12-15)14-19(23)20-17-5-7-18(8-6-17)26(24,25)22-9-3-4-10-22/h5-8,15-16H,3-4,9-14H2,1-2H3,(H,20,23)/t15-,16-/m1/s1. The van der Waals surface area contributed by atoms with Gasteiger partial charge < -0.3 is 5.32 Å². The summed E-state index contributed by atoms with van der Waals surface area (Å²) in [5.41, 5.74) is 0.633. The molecule has 7 heteroatoms. The van der Waals surface area contributed by atoms with Gasteiger partial charge in [0, 0.05) is 31.9 Å². The first-order valence-corrected chi connectivity index (χ1v) is 10.9. The second-order valence-corrected chi connectivity index (χ2v) is 9.76. The third kappa shape index (κ3) is 4.64. The molecular formula is C19H29N3O3S. The summed E-state index contributed by atoms with van der Waals surface area (Å²) >= 11 is 0. The molecule has 6 nitrogen and oxygen atoms in total. The number of rotatable bonds is 5. The second kappa shape index (κ2) is 8.06. The van der Waals surface area contributed by atoms with Crippen LogP contribution in [0.25, 0.3) is 0 Å². The van der Waals surface area contributed by atoms with Gasteiger partial charge in [-0.05, 0) is 55.4 Å². The molecule has 2 saturated heterocycles. The Bertz CT molecular complexity index is 717. The van der Waals surface area contributed by atoms with Gasteiger partial charge in [-0.2, -0.15) is 4.31 Å². The van der Waals surface area contributed by atoms with Gasteiger partial charge in [0.05, 0.1) is 11.4 Å². The monoisotopic (exact) mass is 379 g/mol. The van der Waals surface area contributed by atoms with E-state index in [1.54, 1.807) is 24.3 Å². The molecule has 0 spiro atoms. The van der Waals surface area contributed by atoms with Gasteiger partial charge in [-0.25, -0.2) is 8.42 Å². The molecule has 1 aromatic carbocycles. The van der Waals surface area contributed by atoms with Crippen LogP contribution in [0.3, 0.4) is 0 Å². The molecule has 0 radical (unpaired) electrons. The van der Waals surface area contributed by atoms with Gasteiger partial charge in [-0.1, -0.05) is 13.8 Å². The van der Waals surface area contributed by atoms with Crippen molar-refractivity contribution >= 4 is 21.6 Å². The van der Waals surface area contributed by atoms with Crippen molar-refractivity contribution in [2.45, 2.75) is 38.0 Å². The molecule has 0 aliphatic carbocycles. The Morgan fingerprint density at radius 3 is 2.23 bits per heavy atom. The van der Waals surface area contributed by atoms with Crippen molar-refractivity contribution in [3.05, 3.63) is 24.3 Å². The Hall–Kier alpha value is -1.44. The number of anilines is 1. The number of likely N-dealkylation sites (tertiary alicyclic amines) is 1. The fourth-order valence-corrected chi connectivity index (χ4v) is 5.63. The van der Waals surface area contributed by atoms with Crippen molar-refractivity contribution in [2.75, 3.05) is 38.0 Å². The Morgan fingerprint density at radius 1 is 1.08 bits per heavy atom. The van der Waals surface area contributed by atoms with Crippen molar-refractivity contribution in [1.82, 2.24) is 9.21 Å². The summed E-state index contributed by atoms with van der Waals surface area (Å²) < 4.78 is 26.6. The van der Waals surface area contributed by atoms with Crippen LogP contribution in [0.15, 0.2) is 29.2 Å². The SMILES string of the molecule is C[C@@H]1C[C@@H](C)CN(CC(=O)Nc2ccc(S(=O)(=O)N3CCCC3)cc2)C1. The molecule has 1 N–H and O–H groups in total. The molecule has 2 fully saturated rings. The average molecular weight is 380 g/mol. The molecular weight excluding hydrogens is 350 g/mol. The molecule has 2 aliphatic rings. The van der Waals surface area contributed by atoms with Gasteiger partial charge in [-0.15, -0.1) is 0 Å². The lowest BCUT2D eigenvalue weighted by atomic mass is 9.92. The largest absolute Gasteiger partial charge is 0.325 e. The van der Waals surface area contributed by atoms with Crippen LogP contribution < -0.4 is 5.32 Å². The third-order valence-electron chi connectivity index (χ3n) is 5.15. The number of carbonyl (C=O) groups is 1. The van der Waals surface area contributed by atoms with Crippen molar-refractivity contribution in [3.63, 3.8) is 0 Å². The van der Waals surface area contributed by atoms with E-state index in [1.807, 2.05) is 0 Å². The molecule has 0 bridgehead atoms. The normalized spacial score (nSPS) is 25.3. The first-order chi connectivity index (χ1) is 12.3. The van der Waals surface area contributed by atoms with Gasteiger partial charge in [0.2, 0.25) is 15.9 Å². The highest BCUT2D eigenvalue weighted by molar-refractivity contribution is 7.89. The van der Waals surface area contributed by atoms with Crippen LogP contribution in [0.5, 0.6) is 0 Å². The number of nitrogens with one attached hydrogen (secondary N) is 1. The highest BCUT2D eigenvalue weighted by Gasteiger charge is 2.27. The van der Waals surface area contributed by atoms with E-state index in [9.17, 15) is 13.2 Å². The number of carbonyl (C=O) groups excluding carboxylic acids is 1. The van der Waals surface area contributed by atoms with Gasteiger partial charge in [0.25, 0.3) is 0 Å². The number of hydrogen-bond acceptors (Lipinski definition) is 4. The van der Waals surface area contributed by atoms with Gasteiger partial charge in [-0.3, -0.25) is 9.69 Å². The van der Waals surface area contributed by atoms with E-state index < -0.39 is 10.0 Å². The molecule has 0 aromatic heterocycles. The van der Waals surface area contributed by atoms with Crippen LogP contribution in [-0.4, -0.2) is 56.3 Å². The minimum absolute atomic E-state index is 0.0542. The number of benzene rings is 1. The predicted molar refractivity (Wildman–Crippen MR) is 102 cm³/mol. The van der Waals surface area contributed by atoms with Crippen molar-refractivity contribution in [3.8, 4) is 0 Å². The molecule has 1 aromatic rings. The van der Waals surface area contributed by atoms with Crippen LogP contribution in [0, 0.1) is 11.8 Å². The molecule has 0 saturated carbocycles. The van der Waals surface area contributed by atoms with Crippen LogP contribution in [0.4, 0.5) is 5.69 Å². The first kappa shape index (κ1) is 19.3. The van der Waals surface area contributed by atoms with E-state index in [0.29, 0.717) is 37.2 Å². The van der Waals surface area contributed by atoms with Gasteiger partial charge in [0.1, 0.15) is 0 Å². The fourth-order valence-electron chi connectivity index (χ4n) is 4.11. The number of sulfonamides is 1. The molecule has 2 heterocycles. The quantitative estimate of drug-likeness (QED) is 0.853. The highest BCUT2D eigenvalue weighted by Crippen LogP contribution is 2.23. The van der Waals surface area contributed by atoms with Crippen LogP contribution in [0.1, 0.15) is 33.1 Å². The summed E-state index contributed by atoms with van der Waals surface area (Å²) in [6, 6.07) is 6.49. The zero-order valence-corrected chi connectivity index (χ0v) is 16.5. The van der Waals surface area contributed by atoms with Crippen LogP contribution >= 0.6 is 0 Å². The lowest BCUT2D eigenvalue weighted by molar-refractivity contribution is -0.117. The van der Waals surface area contributed by atoms with Gasteiger partial charge in [0.15, 0.2) is 0 Å². The van der Waals surface area contributed by atoms with E-state index in [-0.39, 0.29) is 10.8 Å². The smallest absolute Gasteiger partial charge is 0.243 e. The zero-order chi connectivity index (χ0) is 18.7. The first-order valence-electron chi connectivity index (χ1n) is 9.47. The van der Waals surface area contributed by atoms with Gasteiger partial charge >= 0.3 is 0 Å². The maximum absolute atomic E-state index is 12.5. The minimum Gasteiger partial charge on any atom is -0.325 e. The number of nitrogens with zero attached hydrogens (tertiary/aromatic N) is 2. The molecule has 1 amide bonds. The average Bonchev–Trinajstić information content (AvgIpc) is 3.09. The summed E-state index contributed by atoms with van der Waals surface area (Å²) in [6.45, 7) is 7.90. The van der Waals surface area contributed by atoms with Crippen LogP contribution in [-0.2, 0) is 14.8 Å². The predicted octanol–water partition coefficient (Wildman–Crippen LogP) is 2.39. The van der Waals surface area contributed by atoms with Crippen molar-refractivity contribution in [2.24, 2.45) is 11.8 Å². The van der Waals surface area contributed by atoms with E-state index >= 15 is 0 Å². The Labute approximate surface area is 156 Å². The van der Waals surface area contributed by atoms with E-state index in [4.69, 9.17) is 0 Å². The molecule has 2 atom stereocenters. The Kier molecular flexibility index (Phi) is 5.99. The molecule has 3 rings (SSSR count). The Balaban J connectivity index is 1.58. The molecule has 2 aliphatic heterocycles. The molecule has 26 heavy (non-hydrogen) atoms. The number of hydrogen-bond donors (Lipinski definition) is 1. The zero-order valence-electron chi connectivity index (χ0n) is 15.6. The lowest BCUT2D eigenvalue weighted by Gasteiger charge is -2.34. The van der Waals surface area contributed by atoms with E-state index in [1.165, 1.54) is 10.7 Å². The molecule has 0 unspecified atom stereocenters. The highest BCUT2D eigenvalue weighted by atomic mass is 32.2. The summed E-state index contributed by atoms with van der Waals surface area (Å²) in [5, 5.41) is 2.88. The molecule has 144 valence electrons. The van der Waals surface area contributed by atoms with E-state index in [0.717, 1.165) is 25.9 Å². The topological polar surface area (TPSA) is 69.7 Å². The third-order valence-corrected chi connectivity index (χ3v) is 7.07. The van der Waals surface area contributed by atoms with E-state index in [2.05, 4.69) is 24.1 Å². The maximum Gasteiger partial charge on any atom is 0.243 e. The van der Waals surface area contributed by atoms with Crippen molar-refractivity contribution < 1.29 is 13.2 Å². The van der Waals surface area contributed by atoms with Crippen molar-refractivity contribution in [1.29, 1.82) is 0 Å². The summed E-state index contributed by atoms with van der Waals surface area (Å²) in [7, 11) is -3.41.